The first-order chi connectivity index (χ1) is 38.0. The van der Waals surface area contributed by atoms with Gasteiger partial charge in [-0.15, -0.1) is 0 Å². The Bertz CT molecular complexity index is 1480. The molecule has 0 unspecified atom stereocenters. The highest BCUT2D eigenvalue weighted by Gasteiger charge is 2.35. The third-order valence-electron chi connectivity index (χ3n) is 16.5. The fourth-order valence-corrected chi connectivity index (χ4v) is 22.6. The third-order valence-corrected chi connectivity index (χ3v) is 28.0. The number of carbonyl (C=O) groups is 2. The highest BCUT2D eigenvalue weighted by atomic mass is 32.2. The average molecular weight is 1140 g/mol. The number of hydrogen-bond donors (Lipinski definition) is 0. The highest BCUT2D eigenvalue weighted by molar-refractivity contribution is 7.85. The van der Waals surface area contributed by atoms with Crippen molar-refractivity contribution in [2.45, 2.75) is 322 Å². The molecule has 2 aromatic rings. The van der Waals surface area contributed by atoms with Gasteiger partial charge < -0.3 is 19.8 Å². The number of unbranched alkanes of at least 4 members (excludes halogenated alkanes) is 32. The molecule has 2 rings (SSSR count). The van der Waals surface area contributed by atoms with Gasteiger partial charge >= 0.3 is 0 Å². The maximum absolute atomic E-state index is 12.2. The Kier molecular flexibility index (Phi) is 53.5. The molecule has 8 heteroatoms. The summed E-state index contributed by atoms with van der Waals surface area (Å²) in [6.07, 6.45) is 71.9. The van der Waals surface area contributed by atoms with Gasteiger partial charge in [-0.2, -0.15) is 0 Å². The van der Waals surface area contributed by atoms with E-state index in [9.17, 15) is 24.0 Å². The maximum atomic E-state index is 12.2. The Morgan fingerprint density at radius 3 is 0.628 bits per heavy atom. The predicted octanol–water partition coefficient (Wildman–Crippen LogP) is 21.4. The van der Waals surface area contributed by atoms with Crippen LogP contribution in [-0.4, -0.2) is 65.4 Å². The molecular formula is C70H128O5P2S. The van der Waals surface area contributed by atoms with Crippen LogP contribution in [0.3, 0.4) is 0 Å². The molecule has 0 aliphatic heterocycles. The van der Waals surface area contributed by atoms with Crippen LogP contribution in [0.2, 0.25) is 0 Å². The van der Waals surface area contributed by atoms with E-state index in [4.69, 9.17) is 0 Å². The van der Waals surface area contributed by atoms with Gasteiger partial charge in [0.15, 0.2) is 0 Å². The Labute approximate surface area is 489 Å². The van der Waals surface area contributed by atoms with Crippen molar-refractivity contribution < 1.29 is 24.0 Å². The summed E-state index contributed by atoms with van der Waals surface area (Å²) in [6, 6.07) is 10.9. The number of benzene rings is 2. The zero-order valence-corrected chi connectivity index (χ0v) is 55.5. The van der Waals surface area contributed by atoms with Crippen LogP contribution in [0.15, 0.2) is 58.3 Å². The summed E-state index contributed by atoms with van der Waals surface area (Å²) in [6.45, 7) is 19.0. The van der Waals surface area contributed by atoms with E-state index in [1.807, 2.05) is 0 Å². The maximum Gasteiger partial charge on any atom is 0.0849 e. The van der Waals surface area contributed by atoms with Gasteiger partial charge in [-0.1, -0.05) is 272 Å². The second-order valence-electron chi connectivity index (χ2n) is 23.7. The van der Waals surface area contributed by atoms with E-state index in [2.05, 4.69) is 55.4 Å². The van der Waals surface area contributed by atoms with Gasteiger partial charge in [-0.25, -0.2) is 4.21 Å². The second kappa shape index (κ2) is 54.6. The zero-order chi connectivity index (χ0) is 57.6. The number of aromatic carboxylic acids is 2. The van der Waals surface area contributed by atoms with Gasteiger partial charge in [0.2, 0.25) is 0 Å². The fourth-order valence-electron chi connectivity index (χ4n) is 11.2. The summed E-state index contributed by atoms with van der Waals surface area (Å²) in [5.41, 5.74) is -0.00361. The number of carboxylic acid groups (broad SMARTS) is 2. The van der Waals surface area contributed by atoms with Crippen molar-refractivity contribution in [3.05, 3.63) is 59.7 Å². The molecule has 0 N–H and O–H groups in total. The molecule has 0 aromatic heterocycles. The van der Waals surface area contributed by atoms with E-state index in [1.54, 1.807) is 62.1 Å². The standard InChI is InChI=1S/2C28H60P.C14H10O5S/c2*1-5-9-13-14-15-16-17-18-19-20-21-22-23-24-28-29(25-10-6-2,26-11-7-3)27-12-8-4;15-13(16)9-1-5-11(6-2-9)20(19)12-7-3-10(4-8-12)14(17)18/h2*5-28H2,1-4H3;1-8H,(H,15,16)(H,17,18)/q2*+1;/p-2. The molecule has 0 bridgehead atoms. The van der Waals surface area contributed by atoms with Gasteiger partial charge in [0.05, 0.1) is 72.0 Å². The SMILES string of the molecule is CCCCCCCCCCCCCCCC[P+](CCCC)(CCCC)CCCC.CCCCCCCCCCCCCCCC[P+](CCCC)(CCCC)CCCC.O=C([O-])c1ccc(S(=O)c2ccc(C(=O)[O-])cc2)cc1. The lowest BCUT2D eigenvalue weighted by Gasteiger charge is -2.28. The van der Waals surface area contributed by atoms with Crippen molar-refractivity contribution >= 4 is 37.3 Å². The van der Waals surface area contributed by atoms with Crippen molar-refractivity contribution in [3.8, 4) is 0 Å². The van der Waals surface area contributed by atoms with E-state index in [0.717, 1.165) is 0 Å². The Balaban J connectivity index is 0.00000116. The van der Waals surface area contributed by atoms with Gasteiger partial charge in [-0.3, -0.25) is 0 Å². The Hall–Kier alpha value is -1.61. The molecule has 0 aliphatic carbocycles. The largest absolute Gasteiger partial charge is 0.545 e. The lowest BCUT2D eigenvalue weighted by atomic mass is 10.0. The smallest absolute Gasteiger partial charge is 0.0849 e. The van der Waals surface area contributed by atoms with Crippen molar-refractivity contribution in [1.82, 2.24) is 0 Å². The van der Waals surface area contributed by atoms with Crippen LogP contribution in [0.1, 0.15) is 333 Å². The van der Waals surface area contributed by atoms with Crippen LogP contribution in [0.4, 0.5) is 0 Å². The minimum Gasteiger partial charge on any atom is -0.545 e. The topological polar surface area (TPSA) is 97.3 Å². The second-order valence-corrected chi connectivity index (χ2v) is 34.1. The first-order valence-corrected chi connectivity index (χ1v) is 39.9. The van der Waals surface area contributed by atoms with Crippen molar-refractivity contribution in [3.63, 3.8) is 0 Å². The Morgan fingerprint density at radius 1 is 0.282 bits per heavy atom. The normalized spacial score (nSPS) is 11.6. The van der Waals surface area contributed by atoms with Crippen molar-refractivity contribution in [2.75, 3.05) is 49.3 Å². The molecule has 0 spiro atoms. The first kappa shape index (κ1) is 76.4. The van der Waals surface area contributed by atoms with Crippen LogP contribution in [0.25, 0.3) is 0 Å². The van der Waals surface area contributed by atoms with Gasteiger partial charge in [0.1, 0.15) is 0 Å². The van der Waals surface area contributed by atoms with E-state index >= 15 is 0 Å². The van der Waals surface area contributed by atoms with Crippen molar-refractivity contribution in [2.24, 2.45) is 0 Å². The molecule has 0 fully saturated rings. The van der Waals surface area contributed by atoms with Crippen LogP contribution in [-0.2, 0) is 10.8 Å². The summed E-state index contributed by atoms with van der Waals surface area (Å²) in [5.74, 6) is -2.61. The molecule has 2 aromatic carbocycles. The summed E-state index contributed by atoms with van der Waals surface area (Å²) >= 11 is 0. The molecular weight excluding hydrogens is 1010 g/mol. The van der Waals surface area contributed by atoms with Crippen LogP contribution < -0.4 is 10.2 Å². The summed E-state index contributed by atoms with van der Waals surface area (Å²) in [5, 5.41) is 21.2. The van der Waals surface area contributed by atoms with Crippen LogP contribution >= 0.6 is 14.5 Å². The fraction of sp³-hybridized carbons (Fsp3) is 0.800. The first-order valence-electron chi connectivity index (χ1n) is 33.7. The number of carboxylic acids is 2. The summed E-state index contributed by atoms with van der Waals surface area (Å²) in [4.78, 5) is 22.0. The molecule has 0 radical (unpaired) electrons. The molecule has 0 heterocycles. The predicted molar refractivity (Wildman–Crippen MR) is 349 cm³/mol. The molecule has 0 aliphatic rings. The molecule has 454 valence electrons. The molecule has 0 saturated heterocycles. The van der Waals surface area contributed by atoms with E-state index in [-0.39, 0.29) is 11.1 Å². The van der Waals surface area contributed by atoms with Crippen LogP contribution in [0, 0.1) is 0 Å². The van der Waals surface area contributed by atoms with Gasteiger partial charge in [0, 0.05) is 24.3 Å². The number of carbonyl (C=O) groups excluding carboxylic acids is 2. The lowest BCUT2D eigenvalue weighted by Crippen LogP contribution is -2.22. The van der Waals surface area contributed by atoms with Gasteiger partial charge in [-0.05, 0) is 99.6 Å². The van der Waals surface area contributed by atoms with Crippen molar-refractivity contribution in [1.29, 1.82) is 0 Å². The molecule has 0 amide bonds. The highest BCUT2D eigenvalue weighted by Crippen LogP contribution is 2.62. The Morgan fingerprint density at radius 2 is 0.449 bits per heavy atom. The monoisotopic (exact) mass is 1140 g/mol. The number of rotatable bonds is 52. The summed E-state index contributed by atoms with van der Waals surface area (Å²) in [7, 11) is -2.78. The zero-order valence-electron chi connectivity index (χ0n) is 52.9. The minimum absolute atomic E-state index is 0.00181. The summed E-state index contributed by atoms with van der Waals surface area (Å²) < 4.78 is 12.2. The van der Waals surface area contributed by atoms with E-state index < -0.39 is 37.3 Å². The number of hydrogen-bond acceptors (Lipinski definition) is 5. The molecule has 0 saturated carbocycles. The van der Waals surface area contributed by atoms with E-state index in [0.29, 0.717) is 9.79 Å². The van der Waals surface area contributed by atoms with E-state index in [1.165, 1.54) is 293 Å². The molecule has 5 nitrogen and oxygen atoms in total. The molecule has 0 atom stereocenters. The van der Waals surface area contributed by atoms with Gasteiger partial charge in [0.25, 0.3) is 0 Å². The minimum atomic E-state index is -1.52. The van der Waals surface area contributed by atoms with Crippen LogP contribution in [0.5, 0.6) is 0 Å². The third kappa shape index (κ3) is 41.4. The lowest BCUT2D eigenvalue weighted by molar-refractivity contribution is -0.256. The average Bonchev–Trinajstić information content (AvgIpc) is 3.46. The quantitative estimate of drug-likeness (QED) is 0.0486. The molecule has 78 heavy (non-hydrogen) atoms.